The van der Waals surface area contributed by atoms with Gasteiger partial charge in [0.25, 0.3) is 0 Å². The third kappa shape index (κ3) is 3.92. The average molecular weight is 324 g/mol. The first-order valence-corrected chi connectivity index (χ1v) is 8.37. The second-order valence-corrected chi connectivity index (χ2v) is 6.32. The molecule has 5 nitrogen and oxygen atoms in total. The van der Waals surface area contributed by atoms with Crippen LogP contribution in [0.25, 0.3) is 0 Å². The van der Waals surface area contributed by atoms with Gasteiger partial charge in [-0.1, -0.05) is 24.3 Å². The van der Waals surface area contributed by atoms with Crippen LogP contribution in [0.2, 0.25) is 0 Å². The smallest absolute Gasteiger partial charge is 0.321 e. The Morgan fingerprint density at radius 1 is 1.08 bits per heavy atom. The van der Waals surface area contributed by atoms with E-state index in [0.717, 1.165) is 49.5 Å². The van der Waals surface area contributed by atoms with Gasteiger partial charge in [0.15, 0.2) is 0 Å². The fraction of sp³-hybridized carbons (Fsp3) is 0.368. The van der Waals surface area contributed by atoms with Crippen molar-refractivity contribution in [1.29, 1.82) is 0 Å². The molecule has 1 saturated heterocycles. The van der Waals surface area contributed by atoms with Gasteiger partial charge >= 0.3 is 6.03 Å². The molecule has 0 spiro atoms. The Kier molecular flexibility index (Phi) is 5.11. The fourth-order valence-corrected chi connectivity index (χ4v) is 3.06. The highest BCUT2D eigenvalue weighted by atomic mass is 16.2. The average Bonchev–Trinajstić information content (AvgIpc) is 2.60. The zero-order valence-corrected chi connectivity index (χ0v) is 14.3. The van der Waals surface area contributed by atoms with E-state index in [1.807, 2.05) is 49.2 Å². The van der Waals surface area contributed by atoms with E-state index in [-0.39, 0.29) is 6.03 Å². The lowest BCUT2D eigenvalue weighted by Gasteiger charge is -2.34. The molecule has 2 aromatic rings. The van der Waals surface area contributed by atoms with Crippen LogP contribution in [0.3, 0.4) is 0 Å². The predicted octanol–water partition coefficient (Wildman–Crippen LogP) is 3.05. The zero-order valence-electron chi connectivity index (χ0n) is 14.3. The summed E-state index contributed by atoms with van der Waals surface area (Å²) in [6.45, 7) is 8.20. The van der Waals surface area contributed by atoms with Gasteiger partial charge in [0.05, 0.1) is 0 Å². The van der Waals surface area contributed by atoms with Crippen molar-refractivity contribution in [3.8, 4) is 0 Å². The molecule has 126 valence electrons. The minimum Gasteiger partial charge on any atom is -0.322 e. The minimum absolute atomic E-state index is 0.00609. The van der Waals surface area contributed by atoms with E-state index in [1.165, 1.54) is 5.56 Å². The number of aryl methyl sites for hydroxylation is 2. The number of urea groups is 1. The summed E-state index contributed by atoms with van der Waals surface area (Å²) in [5.41, 5.74) is 4.34. The number of carbonyl (C=O) groups is 1. The number of para-hydroxylation sites is 1. The van der Waals surface area contributed by atoms with Crippen LogP contribution in [0.15, 0.2) is 42.7 Å². The number of carbonyl (C=O) groups excluding carboxylic acids is 1. The molecule has 0 radical (unpaired) electrons. The molecule has 1 aliphatic heterocycles. The van der Waals surface area contributed by atoms with Gasteiger partial charge in [-0.2, -0.15) is 0 Å². The zero-order chi connectivity index (χ0) is 16.9. The van der Waals surface area contributed by atoms with Gasteiger partial charge < -0.3 is 10.2 Å². The SMILES string of the molecule is Cc1cccc(C)c1NC(=O)N1CCN(Cc2cccnc2)CC1. The van der Waals surface area contributed by atoms with E-state index >= 15 is 0 Å². The van der Waals surface area contributed by atoms with Crippen LogP contribution in [-0.4, -0.2) is 47.0 Å². The molecule has 24 heavy (non-hydrogen) atoms. The van der Waals surface area contributed by atoms with E-state index in [4.69, 9.17) is 0 Å². The van der Waals surface area contributed by atoms with Crippen molar-refractivity contribution in [2.45, 2.75) is 20.4 Å². The second-order valence-electron chi connectivity index (χ2n) is 6.32. The summed E-state index contributed by atoms with van der Waals surface area (Å²) >= 11 is 0. The highest BCUT2D eigenvalue weighted by Crippen LogP contribution is 2.20. The number of benzene rings is 1. The maximum atomic E-state index is 12.5. The monoisotopic (exact) mass is 324 g/mol. The van der Waals surface area contributed by atoms with Crippen LogP contribution >= 0.6 is 0 Å². The van der Waals surface area contributed by atoms with Gasteiger partial charge in [0.1, 0.15) is 0 Å². The first-order valence-electron chi connectivity index (χ1n) is 8.37. The molecule has 0 unspecified atom stereocenters. The summed E-state index contributed by atoms with van der Waals surface area (Å²) in [4.78, 5) is 20.9. The Balaban J connectivity index is 1.54. The Labute approximate surface area is 143 Å². The Morgan fingerprint density at radius 2 is 1.79 bits per heavy atom. The minimum atomic E-state index is -0.00609. The largest absolute Gasteiger partial charge is 0.322 e. The predicted molar refractivity (Wildman–Crippen MR) is 96.0 cm³/mol. The molecule has 5 heteroatoms. The lowest BCUT2D eigenvalue weighted by molar-refractivity contribution is 0.143. The molecule has 0 aliphatic carbocycles. The normalized spacial score (nSPS) is 15.3. The summed E-state index contributed by atoms with van der Waals surface area (Å²) in [5.74, 6) is 0. The lowest BCUT2D eigenvalue weighted by Crippen LogP contribution is -2.49. The number of nitrogens with one attached hydrogen (secondary N) is 1. The maximum Gasteiger partial charge on any atom is 0.321 e. The van der Waals surface area contributed by atoms with E-state index in [0.29, 0.717) is 0 Å². The number of aromatic nitrogens is 1. The summed E-state index contributed by atoms with van der Waals surface area (Å²) in [6.07, 6.45) is 3.69. The van der Waals surface area contributed by atoms with Gasteiger partial charge in [-0.15, -0.1) is 0 Å². The number of hydrogen-bond donors (Lipinski definition) is 1. The van der Waals surface area contributed by atoms with Gasteiger partial charge in [-0.3, -0.25) is 9.88 Å². The van der Waals surface area contributed by atoms with Crippen molar-refractivity contribution in [3.63, 3.8) is 0 Å². The molecule has 0 bridgehead atoms. The van der Waals surface area contributed by atoms with E-state index in [9.17, 15) is 4.79 Å². The first kappa shape index (κ1) is 16.5. The number of nitrogens with zero attached hydrogens (tertiary/aromatic N) is 3. The second kappa shape index (κ2) is 7.45. The molecule has 1 aromatic heterocycles. The van der Waals surface area contributed by atoms with Gasteiger partial charge in [0.2, 0.25) is 0 Å². The molecule has 0 saturated carbocycles. The first-order chi connectivity index (χ1) is 11.6. The highest BCUT2D eigenvalue weighted by Gasteiger charge is 2.21. The molecule has 1 fully saturated rings. The summed E-state index contributed by atoms with van der Waals surface area (Å²) < 4.78 is 0. The van der Waals surface area contributed by atoms with Crippen LogP contribution in [0.5, 0.6) is 0 Å². The van der Waals surface area contributed by atoms with Crippen molar-refractivity contribution in [2.75, 3.05) is 31.5 Å². The highest BCUT2D eigenvalue weighted by molar-refractivity contribution is 5.91. The fourth-order valence-electron chi connectivity index (χ4n) is 3.06. The van der Waals surface area contributed by atoms with Crippen molar-refractivity contribution < 1.29 is 4.79 Å². The van der Waals surface area contributed by atoms with Crippen molar-refractivity contribution in [1.82, 2.24) is 14.8 Å². The molecule has 1 aromatic carbocycles. The Bertz CT molecular complexity index is 674. The molecule has 3 rings (SSSR count). The van der Waals surface area contributed by atoms with E-state index in [2.05, 4.69) is 21.3 Å². The lowest BCUT2D eigenvalue weighted by atomic mass is 10.1. The molecule has 1 N–H and O–H groups in total. The van der Waals surface area contributed by atoms with Crippen molar-refractivity contribution in [2.24, 2.45) is 0 Å². The van der Waals surface area contributed by atoms with Crippen molar-refractivity contribution in [3.05, 3.63) is 59.4 Å². The van der Waals surface area contributed by atoms with Crippen LogP contribution in [0, 0.1) is 13.8 Å². The molecule has 1 aliphatic rings. The van der Waals surface area contributed by atoms with Crippen LogP contribution in [-0.2, 0) is 6.54 Å². The van der Waals surface area contributed by atoms with Gasteiger partial charge in [-0.05, 0) is 36.6 Å². The number of hydrogen-bond acceptors (Lipinski definition) is 3. The topological polar surface area (TPSA) is 48.5 Å². The van der Waals surface area contributed by atoms with E-state index < -0.39 is 0 Å². The van der Waals surface area contributed by atoms with Crippen LogP contribution < -0.4 is 5.32 Å². The Morgan fingerprint density at radius 3 is 2.42 bits per heavy atom. The summed E-state index contributed by atoms with van der Waals surface area (Å²) in [5, 5.41) is 3.07. The molecular weight excluding hydrogens is 300 g/mol. The molecule has 2 amide bonds. The van der Waals surface area contributed by atoms with Crippen molar-refractivity contribution >= 4 is 11.7 Å². The summed E-state index contributed by atoms with van der Waals surface area (Å²) in [7, 11) is 0. The Hall–Kier alpha value is -2.40. The van der Waals surface area contributed by atoms with Gasteiger partial charge in [0, 0.05) is 50.8 Å². The molecule has 0 atom stereocenters. The maximum absolute atomic E-state index is 12.5. The summed E-state index contributed by atoms with van der Waals surface area (Å²) in [6, 6.07) is 10.1. The van der Waals surface area contributed by atoms with Crippen LogP contribution in [0.4, 0.5) is 10.5 Å². The van der Waals surface area contributed by atoms with Crippen LogP contribution in [0.1, 0.15) is 16.7 Å². The number of piperazine rings is 1. The third-order valence-electron chi connectivity index (χ3n) is 4.50. The number of amides is 2. The number of rotatable bonds is 3. The third-order valence-corrected chi connectivity index (χ3v) is 4.50. The molecular formula is C19H24N4O. The quantitative estimate of drug-likeness (QED) is 0.944. The van der Waals surface area contributed by atoms with E-state index in [1.54, 1.807) is 6.20 Å². The standard InChI is InChI=1S/C19H24N4O/c1-15-5-3-6-16(2)18(15)21-19(24)23-11-9-22(10-12-23)14-17-7-4-8-20-13-17/h3-8,13H,9-12,14H2,1-2H3,(H,21,24). The number of anilines is 1. The number of pyridine rings is 1. The molecule has 2 heterocycles. The van der Waals surface area contributed by atoms with Gasteiger partial charge in [-0.25, -0.2) is 4.79 Å².